The number of thiophene rings is 1. The standard InChI is InChI=1S/C27H28F2N4O2.C26H26F2N6O3.C26H21F2N5O2S.C24H22F2N6O2/c1-27(2,3)9-8-20-23(29)21(11-17-14-4-6-15(7-5-14)22(17)26(34)35)33-25(32-20)19-13-31-24-18(19)10-16(28)12-30-24;27-16-7-18-19(11-30-24(18)29-10-16)25-32-20(8-17-13-1-3-14(4-2-13)21(17)26(36)37)22(28)23(33-25)15-9-31-34(12-15)5-6-35;1-29-20-7-6-19(36-20)23-22(28)18(9-15-12-2-4-13(5-3-12)21(15)26(34)35)32-25(33-23)17-11-31-24-16(17)8-14(27)10-30-24;25-13-7-15-16(10-28-22(15)27-9-13)23-30-18(20(26)21(31-23)17-5-6-29-32-17)8-14-11-1-3-12(4-2-11)19(14)24(33)34/h10,12-15,17,22H,4-7,11H2,1-3H3,(H,30,31)(H,34,35);7,9-14,17,21,35H,1-6,8H2,(H,29,30)(H,36,37);6-8,10-13,15,21H,2-5,9H2,(H,30,31)(H,34,35);5-7,9-12,14,19H,1-4,8H2,(H,27,28)(H,29,32)(H,33,34)/t14?,15?,17-,22-;13?,14?,17-,21-;12?,13?,15-,21-;11?,12?,14-,19-/m0000/s1. The molecular weight excluding hydrogens is 1860 g/mol. The predicted molar refractivity (Wildman–Crippen MR) is 505 cm³/mol. The number of nitrogens with one attached hydrogen (secondary N) is 5. The number of carboxylic acid groups (broad SMARTS) is 4. The molecule has 12 aliphatic carbocycles. The smallest absolute Gasteiger partial charge is 0.307 e. The number of fused-ring (bicyclic) bond motifs is 16. The van der Waals surface area contributed by atoms with Crippen LogP contribution in [-0.2, 0) is 51.4 Å². The summed E-state index contributed by atoms with van der Waals surface area (Å²) in [5.74, 6) is -2.69. The molecule has 12 aliphatic rings. The summed E-state index contributed by atoms with van der Waals surface area (Å²) in [6, 6.07) is 10.2. The molecule has 730 valence electrons. The van der Waals surface area contributed by atoms with E-state index in [0.717, 1.165) is 139 Å². The van der Waals surface area contributed by atoms with Crippen molar-refractivity contribution in [2.45, 2.75) is 156 Å². The summed E-state index contributed by atoms with van der Waals surface area (Å²) in [6.45, 7) is 13.1. The van der Waals surface area contributed by atoms with Crippen molar-refractivity contribution in [3.63, 3.8) is 0 Å². The zero-order valence-electron chi connectivity index (χ0n) is 77.1. The Morgan fingerprint density at radius 3 is 1.12 bits per heavy atom. The van der Waals surface area contributed by atoms with Crippen molar-refractivity contribution in [3.05, 3.63) is 197 Å². The van der Waals surface area contributed by atoms with Crippen LogP contribution in [-0.4, -0.2) is 156 Å². The Bertz CT molecular complexity index is 7490. The monoisotopic (exact) mass is 1960 g/mol. The van der Waals surface area contributed by atoms with Crippen molar-refractivity contribution in [1.29, 1.82) is 0 Å². The Morgan fingerprint density at radius 2 is 0.782 bits per heavy atom. The zero-order chi connectivity index (χ0) is 99.0. The first-order valence-corrected chi connectivity index (χ1v) is 48.6. The summed E-state index contributed by atoms with van der Waals surface area (Å²) in [7, 11) is 0. The quantitative estimate of drug-likeness (QED) is 0.0181. The number of hydrogen-bond acceptors (Lipinski definition) is 20. The van der Waals surface area contributed by atoms with E-state index in [1.807, 2.05) is 20.8 Å². The van der Waals surface area contributed by atoms with Gasteiger partial charge in [-0.25, -0.2) is 99.8 Å². The number of carboxylic acids is 4. The minimum Gasteiger partial charge on any atom is -0.481 e. The van der Waals surface area contributed by atoms with Crippen molar-refractivity contribution < 1.29 is 79.8 Å². The second-order valence-electron chi connectivity index (χ2n) is 39.7. The fourth-order valence-corrected chi connectivity index (χ4v) is 24.8. The number of aliphatic hydroxyl groups is 1. The molecule has 30 nitrogen and oxygen atoms in total. The van der Waals surface area contributed by atoms with Gasteiger partial charge in [0.1, 0.15) is 62.9 Å². The summed E-state index contributed by atoms with van der Waals surface area (Å²) in [5.41, 5.74) is 4.85. The lowest BCUT2D eigenvalue weighted by molar-refractivity contribution is -0.153. The Labute approximate surface area is 809 Å². The number of aromatic nitrogens is 20. The molecule has 0 aliphatic heterocycles. The minimum atomic E-state index is -0.835. The van der Waals surface area contributed by atoms with Gasteiger partial charge < -0.3 is 45.5 Å². The summed E-state index contributed by atoms with van der Waals surface area (Å²) in [6.07, 6.45) is 31.0. The normalized spacial score (nSPS) is 23.5. The number of halogens is 8. The topological polar surface area (TPSA) is 438 Å². The molecule has 142 heavy (non-hydrogen) atoms. The molecule has 0 radical (unpaired) electrons. The highest BCUT2D eigenvalue weighted by atomic mass is 32.1. The first kappa shape index (κ1) is 95.1. The molecule has 0 aromatic carbocycles. The van der Waals surface area contributed by atoms with E-state index in [9.17, 15) is 62.3 Å². The molecule has 0 unspecified atom stereocenters. The van der Waals surface area contributed by atoms with Crippen molar-refractivity contribution in [2.24, 2.45) is 100 Å². The molecule has 39 heteroatoms. The maximum atomic E-state index is 16.0. The van der Waals surface area contributed by atoms with Crippen LogP contribution >= 0.6 is 11.3 Å². The van der Waals surface area contributed by atoms with Gasteiger partial charge in [0.15, 0.2) is 52.3 Å². The fraction of sp³-hybridized carbons (Fsp3) is 0.408. The van der Waals surface area contributed by atoms with E-state index in [-0.39, 0.29) is 184 Å². The van der Waals surface area contributed by atoms with Gasteiger partial charge >= 0.3 is 23.9 Å². The molecule has 12 fully saturated rings. The average molecular weight is 1960 g/mol. The third-order valence-electron chi connectivity index (χ3n) is 30.5. The third kappa shape index (κ3) is 18.8. The van der Waals surface area contributed by atoms with Gasteiger partial charge in [-0.1, -0.05) is 12.0 Å². The van der Waals surface area contributed by atoms with Crippen LogP contribution in [0.1, 0.15) is 152 Å². The van der Waals surface area contributed by atoms with E-state index in [2.05, 4.69) is 112 Å². The van der Waals surface area contributed by atoms with E-state index in [1.165, 1.54) is 41.3 Å². The highest BCUT2D eigenvalue weighted by molar-refractivity contribution is 7.19. The number of aliphatic carboxylic acids is 4. The Hall–Kier alpha value is -14.5. The average Bonchev–Trinajstić information content (AvgIpc) is 1.16. The molecule has 0 saturated heterocycles. The van der Waals surface area contributed by atoms with Crippen molar-refractivity contribution in [3.8, 4) is 90.6 Å². The SMILES string of the molecule is CC(C)(C)C#Cc1nc(-c2c[nH]c3ncc(F)cc23)nc(C[C@H]2C3CCC(CC3)[C@@H]2C(=O)O)c1F.O=C(O)[C@H]1C2CCC(CC2)[C@@H]1Cc1nc(-c2c[nH]c3ncc(F)cc23)nc(-c2ccn[nH]2)c1F.O=C(O)[C@H]1C2CCC(CC2)[C@@H]1Cc1nc(-c2c[nH]c3ncc(F)cc23)nc(-c2cnn(CCO)c2)c1F.[C-]#[N+]c1ccc(-c2nc(-c3c[nH]c4ncc(F)cc34)nc(C[C@H]3C4CCC(CC4)[C@@H]3C(=O)O)c2F)s1. The van der Waals surface area contributed by atoms with Crippen LogP contribution < -0.4 is 0 Å². The van der Waals surface area contributed by atoms with E-state index in [1.54, 1.807) is 49.2 Å². The van der Waals surface area contributed by atoms with Crippen LogP contribution in [0.3, 0.4) is 0 Å². The van der Waals surface area contributed by atoms with Gasteiger partial charge in [0.2, 0.25) is 5.00 Å². The molecule has 15 heterocycles. The number of carbonyl (C=O) groups is 4. The van der Waals surface area contributed by atoms with E-state index in [4.69, 9.17) is 6.57 Å². The zero-order valence-corrected chi connectivity index (χ0v) is 78.0. The molecule has 12 saturated carbocycles. The van der Waals surface area contributed by atoms with E-state index in [0.29, 0.717) is 87.5 Å². The number of nitrogens with zero attached hydrogens (tertiary/aromatic N) is 16. The number of aliphatic hydroxyl groups excluding tert-OH is 1. The highest BCUT2D eigenvalue weighted by Crippen LogP contribution is 2.56. The molecule has 15 aromatic rings. The molecule has 10 N–H and O–H groups in total. The summed E-state index contributed by atoms with van der Waals surface area (Å²) < 4.78 is 121. The first-order valence-electron chi connectivity index (χ1n) is 47.8. The van der Waals surface area contributed by atoms with Crippen molar-refractivity contribution in [2.75, 3.05) is 6.61 Å². The molecule has 27 rings (SSSR count). The largest absolute Gasteiger partial charge is 0.481 e. The van der Waals surface area contributed by atoms with Crippen LogP contribution in [0.2, 0.25) is 0 Å². The Morgan fingerprint density at radius 1 is 0.444 bits per heavy atom. The molecular formula is C103H97F8N21O9S. The first-order chi connectivity index (χ1) is 68.4. The maximum Gasteiger partial charge on any atom is 0.307 e. The summed E-state index contributed by atoms with van der Waals surface area (Å²) in [4.78, 5) is 117. The molecule has 8 bridgehead atoms. The lowest BCUT2D eigenvalue weighted by atomic mass is 9.57. The number of pyridine rings is 4. The van der Waals surface area contributed by atoms with Crippen LogP contribution in [0.25, 0.3) is 128 Å². The highest BCUT2D eigenvalue weighted by Gasteiger charge is 2.52. The third-order valence-corrected chi connectivity index (χ3v) is 31.5. The maximum absolute atomic E-state index is 16.0. The summed E-state index contributed by atoms with van der Waals surface area (Å²) >= 11 is 1.13. The molecule has 0 spiro atoms. The second-order valence-corrected chi connectivity index (χ2v) is 40.8. The van der Waals surface area contributed by atoms with Crippen LogP contribution in [0.15, 0.2) is 111 Å². The lowest BCUT2D eigenvalue weighted by Crippen LogP contribution is -2.45. The van der Waals surface area contributed by atoms with E-state index >= 15 is 17.6 Å². The lowest BCUT2D eigenvalue weighted by Gasteiger charge is -2.46. The van der Waals surface area contributed by atoms with Gasteiger partial charge in [0, 0.05) is 96.8 Å². The molecule has 8 atom stereocenters. The number of H-pyrrole nitrogens is 5. The summed E-state index contributed by atoms with van der Waals surface area (Å²) in [5, 5.41) is 62.3. The fourth-order valence-electron chi connectivity index (χ4n) is 24.0. The van der Waals surface area contributed by atoms with Crippen molar-refractivity contribution in [1.82, 2.24) is 99.7 Å². The second kappa shape index (κ2) is 39.2. The van der Waals surface area contributed by atoms with Crippen molar-refractivity contribution >= 4 is 84.3 Å². The molecule has 0 amide bonds. The van der Waals surface area contributed by atoms with Crippen LogP contribution in [0.4, 0.5) is 40.1 Å². The van der Waals surface area contributed by atoms with Gasteiger partial charge in [-0.15, -0.1) is 0 Å². The van der Waals surface area contributed by atoms with Gasteiger partial charge in [-0.3, -0.25) is 29.0 Å². The number of rotatable bonds is 21. The van der Waals surface area contributed by atoms with Gasteiger partial charge in [0.05, 0.1) is 103 Å². The van der Waals surface area contributed by atoms with Crippen LogP contribution in [0.5, 0.6) is 0 Å². The predicted octanol–water partition coefficient (Wildman–Crippen LogP) is 19.8. The van der Waals surface area contributed by atoms with Crippen LogP contribution in [0, 0.1) is 165 Å². The number of aromatic amines is 5. The Balaban J connectivity index is 0.000000116. The number of hydrogen-bond donors (Lipinski definition) is 10. The molecule has 15 aromatic heterocycles. The van der Waals surface area contributed by atoms with Gasteiger partial charge in [-0.05, 0) is 263 Å². The van der Waals surface area contributed by atoms with E-state index < -0.39 is 94.1 Å². The Kier molecular flexibility index (Phi) is 26.3. The minimum absolute atomic E-state index is 0.0238. The van der Waals surface area contributed by atoms with Gasteiger partial charge in [0.25, 0.3) is 0 Å². The van der Waals surface area contributed by atoms with Gasteiger partial charge in [-0.2, -0.15) is 21.5 Å².